The largest absolute Gasteiger partial charge is 0.324 e. The van der Waals surface area contributed by atoms with Crippen molar-refractivity contribution in [3.05, 3.63) is 88.4 Å². The number of amides is 1. The highest BCUT2D eigenvalue weighted by Gasteiger charge is 2.16. The van der Waals surface area contributed by atoms with Crippen LogP contribution in [0.2, 0.25) is 5.02 Å². The van der Waals surface area contributed by atoms with Crippen LogP contribution in [0.5, 0.6) is 0 Å². The number of carbonyl (C=O) groups is 1. The number of rotatable bonds is 7. The summed E-state index contributed by atoms with van der Waals surface area (Å²) in [6.07, 6.45) is 1.61. The number of fused-ring (bicyclic) bond motifs is 1. The lowest BCUT2D eigenvalue weighted by atomic mass is 10.2. The molecule has 0 unspecified atom stereocenters. The second-order valence-corrected chi connectivity index (χ2v) is 9.14. The van der Waals surface area contributed by atoms with Gasteiger partial charge >= 0.3 is 0 Å². The summed E-state index contributed by atoms with van der Waals surface area (Å²) in [6.45, 7) is 3.99. The molecule has 2 aromatic heterocycles. The van der Waals surface area contributed by atoms with Crippen LogP contribution in [0.4, 0.5) is 10.1 Å². The molecule has 1 N–H and O–H groups in total. The zero-order valence-electron chi connectivity index (χ0n) is 16.7. The Kier molecular flexibility index (Phi) is 6.74. The third-order valence-corrected chi connectivity index (χ3v) is 6.89. The van der Waals surface area contributed by atoms with Gasteiger partial charge in [-0.15, -0.1) is 17.9 Å². The Bertz CT molecular complexity index is 1370. The van der Waals surface area contributed by atoms with Crippen LogP contribution in [0.15, 0.2) is 77.2 Å². The summed E-state index contributed by atoms with van der Waals surface area (Å²) >= 11 is 8.53. The van der Waals surface area contributed by atoms with Gasteiger partial charge in [-0.2, -0.15) is 0 Å². The summed E-state index contributed by atoms with van der Waals surface area (Å²) in [4.78, 5) is 31.7. The van der Waals surface area contributed by atoms with Crippen molar-refractivity contribution < 1.29 is 9.18 Å². The minimum absolute atomic E-state index is 0.000285. The highest BCUT2D eigenvalue weighted by Crippen LogP contribution is 2.32. The minimum Gasteiger partial charge on any atom is -0.324 e. The average molecular weight is 486 g/mol. The lowest BCUT2D eigenvalue weighted by Crippen LogP contribution is -2.23. The number of hydrogen-bond acceptors (Lipinski definition) is 5. The first-order valence-corrected chi connectivity index (χ1v) is 11.7. The number of thioether (sulfide) groups is 1. The molecular formula is C23H17ClFN3O2S2. The van der Waals surface area contributed by atoms with Gasteiger partial charge in [0.2, 0.25) is 5.91 Å². The van der Waals surface area contributed by atoms with E-state index < -0.39 is 5.82 Å². The maximum atomic E-state index is 13.2. The van der Waals surface area contributed by atoms with Crippen LogP contribution >= 0.6 is 34.7 Å². The number of hydrogen-bond donors (Lipinski definition) is 1. The molecule has 1 amide bonds. The molecule has 0 radical (unpaired) electrons. The van der Waals surface area contributed by atoms with Crippen molar-refractivity contribution in [2.24, 2.45) is 0 Å². The first kappa shape index (κ1) is 22.3. The van der Waals surface area contributed by atoms with Gasteiger partial charge in [-0.3, -0.25) is 14.2 Å². The first-order valence-electron chi connectivity index (χ1n) is 9.54. The van der Waals surface area contributed by atoms with E-state index in [1.165, 1.54) is 28.0 Å². The zero-order valence-corrected chi connectivity index (χ0v) is 19.1. The van der Waals surface area contributed by atoms with E-state index in [2.05, 4.69) is 16.9 Å². The lowest BCUT2D eigenvalue weighted by molar-refractivity contribution is -0.113. The van der Waals surface area contributed by atoms with Crippen molar-refractivity contribution >= 4 is 56.5 Å². The van der Waals surface area contributed by atoms with Crippen molar-refractivity contribution in [1.29, 1.82) is 0 Å². The normalized spacial score (nSPS) is 10.9. The second kappa shape index (κ2) is 9.68. The van der Waals surface area contributed by atoms with Crippen molar-refractivity contribution in [3.8, 4) is 10.4 Å². The molecule has 9 heteroatoms. The number of anilines is 1. The molecule has 0 aliphatic carbocycles. The molecule has 32 heavy (non-hydrogen) atoms. The predicted octanol–water partition coefficient (Wildman–Crippen LogP) is 5.83. The average Bonchev–Trinajstić information content (AvgIpc) is 3.22. The van der Waals surface area contributed by atoms with Crippen molar-refractivity contribution in [3.63, 3.8) is 0 Å². The van der Waals surface area contributed by atoms with Gasteiger partial charge in [-0.25, -0.2) is 9.37 Å². The maximum absolute atomic E-state index is 13.2. The van der Waals surface area contributed by atoms with Gasteiger partial charge in [0.1, 0.15) is 10.6 Å². The van der Waals surface area contributed by atoms with Crippen LogP contribution in [0.3, 0.4) is 0 Å². The van der Waals surface area contributed by atoms with Gasteiger partial charge in [0.15, 0.2) is 5.16 Å². The molecule has 5 nitrogen and oxygen atoms in total. The molecule has 0 fully saturated rings. The van der Waals surface area contributed by atoms with Crippen LogP contribution < -0.4 is 10.9 Å². The topological polar surface area (TPSA) is 64.0 Å². The first-order chi connectivity index (χ1) is 15.5. The number of halogens is 2. The second-order valence-electron chi connectivity index (χ2n) is 6.76. The summed E-state index contributed by atoms with van der Waals surface area (Å²) in [5, 5.41) is 3.71. The Morgan fingerprint density at radius 1 is 1.25 bits per heavy atom. The lowest BCUT2D eigenvalue weighted by Gasteiger charge is -2.10. The van der Waals surface area contributed by atoms with Crippen molar-refractivity contribution in [1.82, 2.24) is 9.55 Å². The highest BCUT2D eigenvalue weighted by molar-refractivity contribution is 7.99. The standard InChI is InChI=1S/C23H17ClFN3O2S2/c1-2-10-28-22(30)16-12-19(14-6-4-3-5-7-14)32-21(16)27-23(28)31-13-20(29)26-18-9-8-15(25)11-17(18)24/h2-9,11-12H,1,10,13H2,(H,26,29). The van der Waals surface area contributed by atoms with Gasteiger partial charge in [0.05, 0.1) is 21.8 Å². The fourth-order valence-electron chi connectivity index (χ4n) is 3.05. The summed E-state index contributed by atoms with van der Waals surface area (Å²) < 4.78 is 14.7. The Morgan fingerprint density at radius 2 is 2.03 bits per heavy atom. The molecule has 4 rings (SSSR count). The van der Waals surface area contributed by atoms with E-state index in [0.717, 1.165) is 28.3 Å². The Labute approximate surface area is 196 Å². The molecule has 0 saturated carbocycles. The van der Waals surface area contributed by atoms with Crippen molar-refractivity contribution in [2.75, 3.05) is 11.1 Å². The van der Waals surface area contributed by atoms with E-state index in [1.807, 2.05) is 36.4 Å². The molecular weight excluding hydrogens is 469 g/mol. The number of carbonyl (C=O) groups excluding carboxylic acids is 1. The van der Waals surface area contributed by atoms with Crippen LogP contribution in [-0.4, -0.2) is 21.2 Å². The SMILES string of the molecule is C=CCn1c(SCC(=O)Nc2ccc(F)cc2Cl)nc2sc(-c3ccccc3)cc2c1=O. The Morgan fingerprint density at radius 3 is 2.75 bits per heavy atom. The van der Waals surface area contributed by atoms with Gasteiger partial charge < -0.3 is 5.32 Å². The van der Waals surface area contributed by atoms with E-state index >= 15 is 0 Å². The van der Waals surface area contributed by atoms with Crippen LogP contribution in [0, 0.1) is 5.82 Å². The Balaban J connectivity index is 1.60. The summed E-state index contributed by atoms with van der Waals surface area (Å²) in [5.74, 6) is -0.835. The van der Waals surface area contributed by atoms with Gasteiger partial charge in [-0.1, -0.05) is 59.8 Å². The van der Waals surface area contributed by atoms with E-state index in [9.17, 15) is 14.0 Å². The number of thiophene rings is 1. The number of allylic oxidation sites excluding steroid dienone is 1. The predicted molar refractivity (Wildman–Crippen MR) is 130 cm³/mol. The number of aromatic nitrogens is 2. The minimum atomic E-state index is -0.487. The third-order valence-electron chi connectivity index (χ3n) is 4.52. The van der Waals surface area contributed by atoms with E-state index in [1.54, 1.807) is 6.08 Å². The summed E-state index contributed by atoms with van der Waals surface area (Å²) in [5.41, 5.74) is 1.14. The monoisotopic (exact) mass is 485 g/mol. The molecule has 0 aliphatic heterocycles. The van der Waals surface area contributed by atoms with Crippen LogP contribution in [0.1, 0.15) is 0 Å². The van der Waals surface area contributed by atoms with Gasteiger partial charge in [0.25, 0.3) is 5.56 Å². The smallest absolute Gasteiger partial charge is 0.263 e. The quantitative estimate of drug-likeness (QED) is 0.203. The summed E-state index contributed by atoms with van der Waals surface area (Å²) in [7, 11) is 0. The molecule has 162 valence electrons. The molecule has 0 saturated heterocycles. The highest BCUT2D eigenvalue weighted by atomic mass is 35.5. The summed E-state index contributed by atoms with van der Waals surface area (Å²) in [6, 6.07) is 15.4. The van der Waals surface area contributed by atoms with Gasteiger partial charge in [0, 0.05) is 11.4 Å². The van der Waals surface area contributed by atoms with E-state index in [0.29, 0.717) is 21.1 Å². The van der Waals surface area contributed by atoms with E-state index in [-0.39, 0.29) is 28.8 Å². The van der Waals surface area contributed by atoms with Crippen LogP contribution in [0.25, 0.3) is 20.7 Å². The maximum Gasteiger partial charge on any atom is 0.263 e. The number of nitrogens with one attached hydrogen (secondary N) is 1. The molecule has 2 heterocycles. The number of nitrogens with zero attached hydrogens (tertiary/aromatic N) is 2. The van der Waals surface area contributed by atoms with E-state index in [4.69, 9.17) is 11.6 Å². The van der Waals surface area contributed by atoms with Crippen molar-refractivity contribution in [2.45, 2.75) is 11.7 Å². The molecule has 4 aromatic rings. The fourth-order valence-corrected chi connectivity index (χ4v) is 5.15. The number of benzene rings is 2. The molecule has 0 spiro atoms. The third kappa shape index (κ3) is 4.77. The molecule has 0 aliphatic rings. The molecule has 2 aromatic carbocycles. The Hall–Kier alpha value is -2.94. The fraction of sp³-hybridized carbons (Fsp3) is 0.0870. The zero-order chi connectivity index (χ0) is 22.7. The van der Waals surface area contributed by atoms with Gasteiger partial charge in [-0.05, 0) is 29.8 Å². The van der Waals surface area contributed by atoms with Crippen LogP contribution in [-0.2, 0) is 11.3 Å². The molecule has 0 bridgehead atoms. The molecule has 0 atom stereocenters.